The van der Waals surface area contributed by atoms with Crippen molar-refractivity contribution in [2.24, 2.45) is 5.41 Å². The first kappa shape index (κ1) is 13.5. The Labute approximate surface area is 119 Å². The van der Waals surface area contributed by atoms with E-state index in [1.165, 1.54) is 34.8 Å². The van der Waals surface area contributed by atoms with Crippen LogP contribution in [0.3, 0.4) is 0 Å². The van der Waals surface area contributed by atoms with Crippen molar-refractivity contribution in [3.63, 3.8) is 0 Å². The van der Waals surface area contributed by atoms with Crippen LogP contribution in [0.5, 0.6) is 0 Å². The molecule has 1 aliphatic carbocycles. The zero-order valence-corrected chi connectivity index (χ0v) is 13.0. The summed E-state index contributed by atoms with van der Waals surface area (Å²) in [7, 11) is 2.06. The number of hydrogen-bond acceptors (Lipinski definition) is 4. The first-order valence-electron chi connectivity index (χ1n) is 7.35. The second kappa shape index (κ2) is 5.15. The summed E-state index contributed by atoms with van der Waals surface area (Å²) >= 11 is 1.90. The van der Waals surface area contributed by atoms with Crippen molar-refractivity contribution in [3.05, 3.63) is 15.6 Å². The molecule has 4 heteroatoms. The van der Waals surface area contributed by atoms with E-state index in [1.54, 1.807) is 0 Å². The molecule has 106 valence electrons. The number of nitrogens with zero attached hydrogens (tertiary/aromatic N) is 1. The van der Waals surface area contributed by atoms with Gasteiger partial charge in [-0.25, -0.2) is 4.98 Å². The third-order valence-corrected chi connectivity index (χ3v) is 5.50. The van der Waals surface area contributed by atoms with Gasteiger partial charge >= 0.3 is 0 Å². The predicted molar refractivity (Wildman–Crippen MR) is 78.7 cm³/mol. The third-order valence-electron chi connectivity index (χ3n) is 4.27. The quantitative estimate of drug-likeness (QED) is 0.924. The molecular weight excluding hydrogens is 256 g/mol. The minimum absolute atomic E-state index is 0.357. The lowest BCUT2D eigenvalue weighted by Gasteiger charge is -2.34. The molecule has 3 rings (SSSR count). The fourth-order valence-corrected chi connectivity index (χ4v) is 4.56. The van der Waals surface area contributed by atoms with Crippen LogP contribution in [0.15, 0.2) is 0 Å². The van der Waals surface area contributed by atoms with Gasteiger partial charge in [0.15, 0.2) is 0 Å². The number of hydrogen-bond donors (Lipinski definition) is 1. The van der Waals surface area contributed by atoms with Crippen molar-refractivity contribution >= 4 is 11.3 Å². The van der Waals surface area contributed by atoms with Crippen LogP contribution < -0.4 is 5.32 Å². The molecule has 2 heterocycles. The van der Waals surface area contributed by atoms with Crippen LogP contribution >= 0.6 is 11.3 Å². The van der Waals surface area contributed by atoms with E-state index in [0.29, 0.717) is 17.6 Å². The highest BCUT2D eigenvalue weighted by Crippen LogP contribution is 2.43. The molecule has 19 heavy (non-hydrogen) atoms. The highest BCUT2D eigenvalue weighted by atomic mass is 32.1. The van der Waals surface area contributed by atoms with Crippen molar-refractivity contribution in [2.45, 2.75) is 58.1 Å². The molecule has 2 unspecified atom stereocenters. The first-order chi connectivity index (χ1) is 9.07. The van der Waals surface area contributed by atoms with E-state index in [9.17, 15) is 0 Å². The predicted octanol–water partition coefficient (Wildman–Crippen LogP) is 3.10. The third kappa shape index (κ3) is 2.86. The molecule has 1 fully saturated rings. The summed E-state index contributed by atoms with van der Waals surface area (Å²) in [6.45, 7) is 5.63. The van der Waals surface area contributed by atoms with Crippen molar-refractivity contribution in [1.82, 2.24) is 10.3 Å². The topological polar surface area (TPSA) is 34.2 Å². The molecule has 0 amide bonds. The Kier molecular flexibility index (Phi) is 3.67. The van der Waals surface area contributed by atoms with E-state index in [-0.39, 0.29) is 0 Å². The van der Waals surface area contributed by atoms with E-state index in [2.05, 4.69) is 26.2 Å². The van der Waals surface area contributed by atoms with Crippen molar-refractivity contribution in [2.75, 3.05) is 13.7 Å². The number of aromatic nitrogens is 1. The lowest BCUT2D eigenvalue weighted by molar-refractivity contribution is 0.111. The maximum atomic E-state index is 5.73. The lowest BCUT2D eigenvalue weighted by atomic mass is 9.76. The van der Waals surface area contributed by atoms with Crippen LogP contribution in [0.2, 0.25) is 0 Å². The second-order valence-corrected chi connectivity index (χ2v) is 7.76. The van der Waals surface area contributed by atoms with Gasteiger partial charge in [0, 0.05) is 23.9 Å². The van der Waals surface area contributed by atoms with Gasteiger partial charge in [0.05, 0.1) is 16.8 Å². The van der Waals surface area contributed by atoms with Crippen LogP contribution in [0.25, 0.3) is 0 Å². The van der Waals surface area contributed by atoms with Crippen LogP contribution in [-0.4, -0.2) is 24.7 Å². The normalized spacial score (nSPS) is 29.4. The van der Waals surface area contributed by atoms with E-state index in [1.807, 2.05) is 11.3 Å². The van der Waals surface area contributed by atoms with Gasteiger partial charge in [-0.05, 0) is 38.1 Å². The van der Waals surface area contributed by atoms with Crippen molar-refractivity contribution < 1.29 is 4.74 Å². The average Bonchev–Trinajstić information content (AvgIpc) is 2.96. The number of rotatable bonds is 3. The summed E-state index contributed by atoms with van der Waals surface area (Å²) in [5.74, 6) is 0. The van der Waals surface area contributed by atoms with Gasteiger partial charge in [0.1, 0.15) is 0 Å². The molecule has 0 aromatic carbocycles. The Morgan fingerprint density at radius 3 is 3.00 bits per heavy atom. The number of nitrogens with one attached hydrogen (secondary N) is 1. The van der Waals surface area contributed by atoms with Crippen molar-refractivity contribution in [3.8, 4) is 0 Å². The molecule has 1 aromatic rings. The van der Waals surface area contributed by atoms with Gasteiger partial charge in [0.25, 0.3) is 0 Å². The van der Waals surface area contributed by atoms with Gasteiger partial charge in [-0.15, -0.1) is 11.3 Å². The molecule has 0 saturated carbocycles. The molecule has 0 spiro atoms. The van der Waals surface area contributed by atoms with Gasteiger partial charge in [0.2, 0.25) is 0 Å². The minimum Gasteiger partial charge on any atom is -0.378 e. The highest BCUT2D eigenvalue weighted by Gasteiger charge is 2.34. The molecule has 1 aliphatic heterocycles. The van der Waals surface area contributed by atoms with Crippen LogP contribution in [0.4, 0.5) is 0 Å². The van der Waals surface area contributed by atoms with Gasteiger partial charge < -0.3 is 10.1 Å². The first-order valence-corrected chi connectivity index (χ1v) is 8.16. The molecule has 1 N–H and O–H groups in total. The number of fused-ring (bicyclic) bond motifs is 1. The number of ether oxygens (including phenoxy) is 1. The Morgan fingerprint density at radius 1 is 1.47 bits per heavy atom. The maximum absolute atomic E-state index is 5.73. The zero-order chi connectivity index (χ0) is 13.5. The summed E-state index contributed by atoms with van der Waals surface area (Å²) < 4.78 is 5.73. The molecule has 1 aromatic heterocycles. The monoisotopic (exact) mass is 280 g/mol. The standard InChI is InChI=1S/C15H24N2OS/c1-15(2)8-11(16-3)14-12(9-15)17-13(19-14)7-10-5-4-6-18-10/h10-11,16H,4-9H2,1-3H3. The molecular formula is C15H24N2OS. The molecule has 3 nitrogen and oxygen atoms in total. The second-order valence-electron chi connectivity index (χ2n) is 6.64. The SMILES string of the molecule is CNC1CC(C)(C)Cc2nc(CC3CCCO3)sc21. The largest absolute Gasteiger partial charge is 0.378 e. The molecule has 0 bridgehead atoms. The summed E-state index contributed by atoms with van der Waals surface area (Å²) in [6.07, 6.45) is 6.15. The fourth-order valence-electron chi connectivity index (χ4n) is 3.30. The summed E-state index contributed by atoms with van der Waals surface area (Å²) in [4.78, 5) is 6.37. The fraction of sp³-hybridized carbons (Fsp3) is 0.800. The van der Waals surface area contributed by atoms with Gasteiger partial charge in [-0.3, -0.25) is 0 Å². The van der Waals surface area contributed by atoms with Gasteiger partial charge in [-0.1, -0.05) is 13.8 Å². The van der Waals surface area contributed by atoms with E-state index in [0.717, 1.165) is 19.4 Å². The Hall–Kier alpha value is -0.450. The summed E-state index contributed by atoms with van der Waals surface area (Å²) in [6, 6.07) is 0.481. The van der Waals surface area contributed by atoms with Crippen LogP contribution in [0, 0.1) is 5.41 Å². The molecule has 2 atom stereocenters. The average molecular weight is 280 g/mol. The summed E-state index contributed by atoms with van der Waals surface area (Å²) in [5, 5.41) is 4.73. The van der Waals surface area contributed by atoms with Gasteiger partial charge in [-0.2, -0.15) is 0 Å². The molecule has 1 saturated heterocycles. The zero-order valence-electron chi connectivity index (χ0n) is 12.2. The minimum atomic E-state index is 0.357. The molecule has 2 aliphatic rings. The van der Waals surface area contributed by atoms with E-state index < -0.39 is 0 Å². The van der Waals surface area contributed by atoms with Crippen LogP contribution in [-0.2, 0) is 17.6 Å². The highest BCUT2D eigenvalue weighted by molar-refractivity contribution is 7.11. The maximum Gasteiger partial charge on any atom is 0.0957 e. The van der Waals surface area contributed by atoms with E-state index in [4.69, 9.17) is 9.72 Å². The Bertz CT molecular complexity index is 449. The summed E-state index contributed by atoms with van der Waals surface area (Å²) in [5.41, 5.74) is 1.68. The Morgan fingerprint density at radius 2 is 2.32 bits per heavy atom. The Balaban J connectivity index is 1.80. The van der Waals surface area contributed by atoms with Crippen LogP contribution in [0.1, 0.15) is 54.7 Å². The molecule has 0 radical (unpaired) electrons. The lowest BCUT2D eigenvalue weighted by Crippen LogP contribution is -2.30. The van der Waals surface area contributed by atoms with E-state index >= 15 is 0 Å². The number of thiazole rings is 1. The van der Waals surface area contributed by atoms with Crippen molar-refractivity contribution in [1.29, 1.82) is 0 Å². The smallest absolute Gasteiger partial charge is 0.0957 e.